The summed E-state index contributed by atoms with van der Waals surface area (Å²) in [6, 6.07) is 5.30. The molecule has 2 aromatic heterocycles. The third kappa shape index (κ3) is 3.75. The molecule has 3 aromatic rings. The van der Waals surface area contributed by atoms with Gasteiger partial charge in [-0.15, -0.1) is 0 Å². The summed E-state index contributed by atoms with van der Waals surface area (Å²) < 4.78 is 14.3. The minimum Gasteiger partial charge on any atom is -0.508 e. The first-order chi connectivity index (χ1) is 12.9. The second kappa shape index (κ2) is 7.71. The Balaban J connectivity index is 2.10. The lowest BCUT2D eigenvalue weighted by atomic mass is 10.0. The van der Waals surface area contributed by atoms with Crippen LogP contribution in [-0.4, -0.2) is 38.8 Å². The monoisotopic (exact) mass is 371 g/mol. The SMILES string of the molecule is CCC(CCN)NC(=O)c1cc(-c2ccc(O)cc2F)nc2[nH]nc(C)c12. The number of phenols is 1. The quantitative estimate of drug-likeness (QED) is 0.531. The molecule has 0 saturated heterocycles. The van der Waals surface area contributed by atoms with Crippen molar-refractivity contribution in [1.29, 1.82) is 0 Å². The van der Waals surface area contributed by atoms with E-state index >= 15 is 0 Å². The molecule has 3 rings (SSSR count). The van der Waals surface area contributed by atoms with Crippen LogP contribution in [-0.2, 0) is 0 Å². The molecule has 27 heavy (non-hydrogen) atoms. The number of nitrogens with two attached hydrogens (primary N) is 1. The fraction of sp³-hybridized carbons (Fsp3) is 0.316. The number of amides is 1. The number of H-pyrrole nitrogens is 1. The van der Waals surface area contributed by atoms with Gasteiger partial charge in [0.25, 0.3) is 5.91 Å². The zero-order valence-corrected chi connectivity index (χ0v) is 15.2. The molecule has 1 amide bonds. The highest BCUT2D eigenvalue weighted by atomic mass is 19.1. The van der Waals surface area contributed by atoms with Gasteiger partial charge in [0.1, 0.15) is 11.6 Å². The lowest BCUT2D eigenvalue weighted by Gasteiger charge is -2.17. The molecule has 0 bridgehead atoms. The number of nitrogens with zero attached hydrogens (tertiary/aromatic N) is 2. The van der Waals surface area contributed by atoms with E-state index in [0.29, 0.717) is 35.3 Å². The lowest BCUT2D eigenvalue weighted by Crippen LogP contribution is -2.36. The molecule has 7 nitrogen and oxygen atoms in total. The second-order valence-electron chi connectivity index (χ2n) is 6.41. The summed E-state index contributed by atoms with van der Waals surface area (Å²) in [5.74, 6) is -1.09. The van der Waals surface area contributed by atoms with Crippen LogP contribution in [0.4, 0.5) is 4.39 Å². The van der Waals surface area contributed by atoms with E-state index in [-0.39, 0.29) is 29.0 Å². The number of pyridine rings is 1. The maximum atomic E-state index is 14.3. The summed E-state index contributed by atoms with van der Waals surface area (Å²) in [6.07, 6.45) is 1.42. The summed E-state index contributed by atoms with van der Waals surface area (Å²) in [6.45, 7) is 4.22. The van der Waals surface area contributed by atoms with Gasteiger partial charge in [-0.2, -0.15) is 5.10 Å². The van der Waals surface area contributed by atoms with Gasteiger partial charge < -0.3 is 16.2 Å². The topological polar surface area (TPSA) is 117 Å². The standard InChI is InChI=1S/C19H22FN5O2/c1-3-11(6-7-21)22-19(27)14-9-16(13-5-4-12(26)8-15(13)20)23-18-17(14)10(2)24-25-18/h4-5,8-9,11,26H,3,6-7,21H2,1-2H3,(H,22,27)(H,23,24,25). The third-order valence-corrected chi connectivity index (χ3v) is 4.53. The number of carbonyl (C=O) groups is 1. The van der Waals surface area contributed by atoms with Gasteiger partial charge in [-0.25, -0.2) is 9.37 Å². The smallest absolute Gasteiger partial charge is 0.252 e. The van der Waals surface area contributed by atoms with Crippen molar-refractivity contribution in [3.8, 4) is 17.0 Å². The van der Waals surface area contributed by atoms with Gasteiger partial charge in [0.05, 0.1) is 22.3 Å². The van der Waals surface area contributed by atoms with Gasteiger partial charge in [0, 0.05) is 17.7 Å². The summed E-state index contributed by atoms with van der Waals surface area (Å²) >= 11 is 0. The van der Waals surface area contributed by atoms with Crippen molar-refractivity contribution in [3.63, 3.8) is 0 Å². The molecule has 2 heterocycles. The predicted molar refractivity (Wildman–Crippen MR) is 101 cm³/mol. The van der Waals surface area contributed by atoms with Crippen LogP contribution in [0.3, 0.4) is 0 Å². The normalized spacial score (nSPS) is 12.3. The maximum absolute atomic E-state index is 14.3. The van der Waals surface area contributed by atoms with Crippen LogP contribution in [0.25, 0.3) is 22.3 Å². The molecule has 0 radical (unpaired) electrons. The number of aromatic nitrogens is 3. The molecular weight excluding hydrogens is 349 g/mol. The van der Waals surface area contributed by atoms with Gasteiger partial charge in [-0.05, 0) is 44.5 Å². The number of nitrogens with one attached hydrogen (secondary N) is 2. The van der Waals surface area contributed by atoms with E-state index in [1.54, 1.807) is 13.0 Å². The van der Waals surface area contributed by atoms with E-state index in [4.69, 9.17) is 5.73 Å². The molecule has 5 N–H and O–H groups in total. The lowest BCUT2D eigenvalue weighted by molar-refractivity contribution is 0.0936. The molecule has 1 unspecified atom stereocenters. The van der Waals surface area contributed by atoms with Crippen LogP contribution in [0.5, 0.6) is 5.75 Å². The third-order valence-electron chi connectivity index (χ3n) is 4.53. The van der Waals surface area contributed by atoms with Crippen molar-refractivity contribution in [1.82, 2.24) is 20.5 Å². The highest BCUT2D eigenvalue weighted by Crippen LogP contribution is 2.29. The van der Waals surface area contributed by atoms with Crippen molar-refractivity contribution in [2.45, 2.75) is 32.7 Å². The van der Waals surface area contributed by atoms with Crippen molar-refractivity contribution in [2.24, 2.45) is 5.73 Å². The highest BCUT2D eigenvalue weighted by molar-refractivity contribution is 6.07. The number of benzene rings is 1. The molecular formula is C19H22FN5O2. The largest absolute Gasteiger partial charge is 0.508 e. The van der Waals surface area contributed by atoms with Crippen molar-refractivity contribution in [3.05, 3.63) is 41.3 Å². The molecule has 8 heteroatoms. The minimum absolute atomic E-state index is 0.0493. The maximum Gasteiger partial charge on any atom is 0.252 e. The summed E-state index contributed by atoms with van der Waals surface area (Å²) in [4.78, 5) is 17.3. The van der Waals surface area contributed by atoms with Crippen LogP contribution in [0.2, 0.25) is 0 Å². The summed E-state index contributed by atoms with van der Waals surface area (Å²) in [5, 5.41) is 19.9. The number of aromatic amines is 1. The Bertz CT molecular complexity index is 986. The summed E-state index contributed by atoms with van der Waals surface area (Å²) in [5.41, 5.74) is 7.47. The van der Waals surface area contributed by atoms with Gasteiger partial charge in [-0.3, -0.25) is 9.89 Å². The Labute approximate surface area is 155 Å². The highest BCUT2D eigenvalue weighted by Gasteiger charge is 2.20. The van der Waals surface area contributed by atoms with E-state index in [1.165, 1.54) is 12.1 Å². The Morgan fingerprint density at radius 2 is 2.19 bits per heavy atom. The number of hydrogen-bond donors (Lipinski definition) is 4. The minimum atomic E-state index is -0.626. The molecule has 1 atom stereocenters. The first-order valence-corrected chi connectivity index (χ1v) is 8.80. The van der Waals surface area contributed by atoms with Gasteiger partial charge in [-0.1, -0.05) is 6.92 Å². The molecule has 0 aliphatic rings. The van der Waals surface area contributed by atoms with Crippen molar-refractivity contribution < 1.29 is 14.3 Å². The Kier molecular flexibility index (Phi) is 5.36. The molecule has 0 saturated carbocycles. The number of aryl methyl sites for hydroxylation is 1. The van der Waals surface area contributed by atoms with Crippen LogP contribution >= 0.6 is 0 Å². The first-order valence-electron chi connectivity index (χ1n) is 8.80. The Morgan fingerprint density at radius 3 is 2.85 bits per heavy atom. The number of hydrogen-bond acceptors (Lipinski definition) is 5. The van der Waals surface area contributed by atoms with Crippen LogP contribution in [0.1, 0.15) is 35.8 Å². The van der Waals surface area contributed by atoms with E-state index in [0.717, 1.165) is 12.5 Å². The average Bonchev–Trinajstić information content (AvgIpc) is 3.01. The molecule has 0 aliphatic heterocycles. The van der Waals surface area contributed by atoms with Gasteiger partial charge in [0.15, 0.2) is 5.65 Å². The van der Waals surface area contributed by atoms with Crippen molar-refractivity contribution in [2.75, 3.05) is 6.54 Å². The van der Waals surface area contributed by atoms with Gasteiger partial charge >= 0.3 is 0 Å². The molecule has 0 fully saturated rings. The van der Waals surface area contributed by atoms with E-state index in [1.807, 2.05) is 6.92 Å². The Morgan fingerprint density at radius 1 is 1.41 bits per heavy atom. The molecule has 142 valence electrons. The number of carbonyl (C=O) groups excluding carboxylic acids is 1. The van der Waals surface area contributed by atoms with Crippen LogP contribution in [0, 0.1) is 12.7 Å². The van der Waals surface area contributed by atoms with Gasteiger partial charge in [0.2, 0.25) is 0 Å². The Hall–Kier alpha value is -3.00. The molecule has 0 aliphatic carbocycles. The zero-order valence-electron chi connectivity index (χ0n) is 15.2. The predicted octanol–water partition coefficient (Wildman–Crippen LogP) is 2.64. The van der Waals surface area contributed by atoms with E-state index < -0.39 is 5.82 Å². The zero-order chi connectivity index (χ0) is 19.6. The number of halogens is 1. The number of aromatic hydroxyl groups is 1. The summed E-state index contributed by atoms with van der Waals surface area (Å²) in [7, 11) is 0. The van der Waals surface area contributed by atoms with Crippen molar-refractivity contribution >= 4 is 16.9 Å². The molecule has 1 aromatic carbocycles. The first kappa shape index (κ1) is 18.8. The average molecular weight is 371 g/mol. The fourth-order valence-corrected chi connectivity index (χ4v) is 3.06. The number of phenolic OH excluding ortho intramolecular Hbond substituents is 1. The number of rotatable bonds is 6. The number of fused-ring (bicyclic) bond motifs is 1. The fourth-order valence-electron chi connectivity index (χ4n) is 3.06. The second-order valence-corrected chi connectivity index (χ2v) is 6.41. The molecule has 0 spiro atoms. The van der Waals surface area contributed by atoms with E-state index in [9.17, 15) is 14.3 Å². The van der Waals surface area contributed by atoms with E-state index in [2.05, 4.69) is 20.5 Å². The van der Waals surface area contributed by atoms with Crippen LogP contribution < -0.4 is 11.1 Å². The van der Waals surface area contributed by atoms with Crippen LogP contribution in [0.15, 0.2) is 24.3 Å².